The quantitative estimate of drug-likeness (QED) is 0.669. The first kappa shape index (κ1) is 24.8. The highest BCUT2D eigenvalue weighted by molar-refractivity contribution is 5.83. The molecule has 0 bridgehead atoms. The number of rotatable bonds is 6. The van der Waals surface area contributed by atoms with Gasteiger partial charge in [0.25, 0.3) is 0 Å². The Morgan fingerprint density at radius 2 is 1.75 bits per heavy atom. The summed E-state index contributed by atoms with van der Waals surface area (Å²) in [4.78, 5) is 14.8. The molecule has 7 heteroatoms. The van der Waals surface area contributed by atoms with Crippen molar-refractivity contribution in [3.8, 4) is 0 Å². The number of alkyl halides is 3. The van der Waals surface area contributed by atoms with Crippen molar-refractivity contribution in [2.45, 2.75) is 76.7 Å². The largest absolute Gasteiger partial charge is 0.471 e. The van der Waals surface area contributed by atoms with E-state index < -0.39 is 17.7 Å². The van der Waals surface area contributed by atoms with Gasteiger partial charge in [0.1, 0.15) is 0 Å². The fraction of sp³-hybridized carbons (Fsp3) is 0.640. The minimum Gasteiger partial charge on any atom is -0.389 e. The van der Waals surface area contributed by atoms with E-state index in [9.17, 15) is 23.1 Å². The van der Waals surface area contributed by atoms with Gasteiger partial charge in [-0.2, -0.15) is 13.2 Å². The third-order valence-electron chi connectivity index (χ3n) is 6.22. The molecule has 0 atom stereocenters. The average molecular weight is 453 g/mol. The molecule has 0 radical (unpaired) electrons. The van der Waals surface area contributed by atoms with Crippen molar-refractivity contribution in [2.75, 3.05) is 19.6 Å². The zero-order valence-corrected chi connectivity index (χ0v) is 19.2. The summed E-state index contributed by atoms with van der Waals surface area (Å²) in [6, 6.07) is 9.88. The number of carbonyl (C=O) groups excluding carboxylic acids is 1. The van der Waals surface area contributed by atoms with E-state index in [1.807, 2.05) is 6.07 Å². The van der Waals surface area contributed by atoms with Crippen molar-refractivity contribution in [1.29, 1.82) is 0 Å². The van der Waals surface area contributed by atoms with Crippen molar-refractivity contribution >= 4 is 12.0 Å². The van der Waals surface area contributed by atoms with Crippen molar-refractivity contribution in [1.82, 2.24) is 9.80 Å². The number of carbonyl (C=O) groups is 1. The maximum atomic E-state index is 12.7. The predicted molar refractivity (Wildman–Crippen MR) is 120 cm³/mol. The summed E-state index contributed by atoms with van der Waals surface area (Å²) in [6.07, 6.45) is 3.34. The average Bonchev–Trinajstić information content (AvgIpc) is 3.47. The van der Waals surface area contributed by atoms with Gasteiger partial charge in [-0.1, -0.05) is 49.4 Å². The van der Waals surface area contributed by atoms with Crippen LogP contribution in [0.3, 0.4) is 0 Å². The second kappa shape index (κ2) is 9.56. The van der Waals surface area contributed by atoms with Crippen LogP contribution in [0.1, 0.15) is 58.4 Å². The fourth-order valence-corrected chi connectivity index (χ4v) is 4.90. The Morgan fingerprint density at radius 1 is 1.16 bits per heavy atom. The molecule has 0 aromatic heterocycles. The molecule has 3 fully saturated rings. The van der Waals surface area contributed by atoms with E-state index in [2.05, 4.69) is 48.2 Å². The van der Waals surface area contributed by atoms with Crippen molar-refractivity contribution in [3.05, 3.63) is 42.0 Å². The van der Waals surface area contributed by atoms with Crippen LogP contribution in [0.15, 0.2) is 36.4 Å². The van der Waals surface area contributed by atoms with Crippen LogP contribution >= 0.6 is 0 Å². The first-order chi connectivity index (χ1) is 14.9. The lowest BCUT2D eigenvalue weighted by Crippen LogP contribution is -2.69. The first-order valence-corrected chi connectivity index (χ1v) is 11.5. The van der Waals surface area contributed by atoms with Gasteiger partial charge in [0.15, 0.2) is 0 Å². The summed E-state index contributed by atoms with van der Waals surface area (Å²) >= 11 is 0. The second-order valence-electron chi connectivity index (χ2n) is 10.2. The van der Waals surface area contributed by atoms with E-state index in [1.165, 1.54) is 5.56 Å². The maximum absolute atomic E-state index is 12.7. The molecule has 2 aliphatic carbocycles. The first-order valence-electron chi connectivity index (χ1n) is 11.5. The Labute approximate surface area is 189 Å². The number of benzene rings is 1. The van der Waals surface area contributed by atoms with Gasteiger partial charge in [-0.05, 0) is 56.9 Å². The Hall–Kier alpha value is -1.86. The smallest absolute Gasteiger partial charge is 0.389 e. The number of amides is 1. The van der Waals surface area contributed by atoms with E-state index >= 15 is 0 Å². The fourth-order valence-electron chi connectivity index (χ4n) is 4.90. The Morgan fingerprint density at radius 3 is 2.22 bits per heavy atom. The summed E-state index contributed by atoms with van der Waals surface area (Å²) in [7, 11) is 0. The number of halogens is 3. The highest BCUT2D eigenvalue weighted by Gasteiger charge is 2.59. The van der Waals surface area contributed by atoms with Gasteiger partial charge in [-0.25, -0.2) is 0 Å². The van der Waals surface area contributed by atoms with Gasteiger partial charge >= 0.3 is 12.1 Å². The number of β-amino-alcohol motifs (C(OH)–C–C–N with tert-alkyl or cyclic N) is 1. The van der Waals surface area contributed by atoms with Gasteiger partial charge in [0.05, 0.1) is 5.60 Å². The van der Waals surface area contributed by atoms with Crippen LogP contribution in [0.4, 0.5) is 13.2 Å². The number of likely N-dealkylation sites (tertiary alicyclic amines) is 1. The lowest BCUT2D eigenvalue weighted by Gasteiger charge is -2.61. The number of hydrogen-bond acceptors (Lipinski definition) is 3. The SMILES string of the molecule is CC(C)(O)CN1CC2(CC(N(C(=O)C(F)(F)F)C3CC3)C2)C1.CC/C=C\c1ccccc1. The van der Waals surface area contributed by atoms with Crippen LogP contribution < -0.4 is 0 Å². The second-order valence-corrected chi connectivity index (χ2v) is 10.2. The molecule has 178 valence electrons. The maximum Gasteiger partial charge on any atom is 0.471 e. The van der Waals surface area contributed by atoms with E-state index in [-0.39, 0.29) is 17.5 Å². The van der Waals surface area contributed by atoms with Gasteiger partial charge < -0.3 is 10.0 Å². The molecule has 1 aromatic rings. The van der Waals surface area contributed by atoms with Crippen molar-refractivity contribution in [2.24, 2.45) is 5.41 Å². The van der Waals surface area contributed by atoms with Crippen LogP contribution in [0.5, 0.6) is 0 Å². The molecule has 4 rings (SSSR count). The summed E-state index contributed by atoms with van der Waals surface area (Å²) in [5, 5.41) is 9.78. The van der Waals surface area contributed by atoms with Gasteiger partial charge in [-0.15, -0.1) is 0 Å². The molecule has 1 aliphatic heterocycles. The van der Waals surface area contributed by atoms with Crippen LogP contribution in [-0.2, 0) is 4.79 Å². The number of allylic oxidation sites excluding steroid dienone is 1. The molecule has 1 aromatic carbocycles. The molecular formula is C25H35F3N2O2. The standard InChI is InChI=1S/C15H23F3N2O2.C10H12/c1-13(2,22)7-19-8-14(9-19)5-11(6-14)20(10-3-4-10)12(21)15(16,17)18;1-2-3-7-10-8-5-4-6-9-10/h10-11,22H,3-9H2,1-2H3;3-9H,2H2,1H3/b;7-3-. The molecule has 1 N–H and O–H groups in total. The van der Waals surface area contributed by atoms with Gasteiger partial charge in [-0.3, -0.25) is 9.69 Å². The molecule has 1 saturated heterocycles. The zero-order valence-electron chi connectivity index (χ0n) is 19.2. The van der Waals surface area contributed by atoms with E-state index in [4.69, 9.17) is 0 Å². The molecule has 3 aliphatic rings. The van der Waals surface area contributed by atoms with Gasteiger partial charge in [0.2, 0.25) is 0 Å². The predicted octanol–water partition coefficient (Wildman–Crippen LogP) is 4.88. The summed E-state index contributed by atoms with van der Waals surface area (Å²) in [6.45, 7) is 7.84. The highest BCUT2D eigenvalue weighted by Crippen LogP contribution is 2.52. The highest BCUT2D eigenvalue weighted by atomic mass is 19.4. The molecule has 2 saturated carbocycles. The van der Waals surface area contributed by atoms with E-state index in [0.717, 1.165) is 24.4 Å². The van der Waals surface area contributed by atoms with E-state index in [1.54, 1.807) is 13.8 Å². The van der Waals surface area contributed by atoms with Crippen LogP contribution in [0, 0.1) is 5.41 Å². The Balaban J connectivity index is 0.000000243. The number of hydrogen-bond donors (Lipinski definition) is 1. The zero-order chi connectivity index (χ0) is 23.6. The third-order valence-corrected chi connectivity index (χ3v) is 6.22. The minimum absolute atomic E-state index is 0.0644. The lowest BCUT2D eigenvalue weighted by molar-refractivity contribution is -0.198. The summed E-state index contributed by atoms with van der Waals surface area (Å²) in [5.74, 6) is -1.66. The molecule has 1 amide bonds. The molecule has 1 heterocycles. The molecular weight excluding hydrogens is 417 g/mol. The summed E-state index contributed by atoms with van der Waals surface area (Å²) in [5.41, 5.74) is 0.593. The van der Waals surface area contributed by atoms with Crippen molar-refractivity contribution in [3.63, 3.8) is 0 Å². The van der Waals surface area contributed by atoms with Crippen LogP contribution in [-0.4, -0.2) is 64.3 Å². The Kier molecular flexibility index (Phi) is 7.40. The molecule has 0 unspecified atom stereocenters. The number of nitrogens with zero attached hydrogens (tertiary/aromatic N) is 2. The van der Waals surface area contributed by atoms with E-state index in [0.29, 0.717) is 32.2 Å². The molecule has 32 heavy (non-hydrogen) atoms. The normalized spacial score (nSPS) is 21.0. The molecule has 4 nitrogen and oxygen atoms in total. The van der Waals surface area contributed by atoms with Crippen LogP contribution in [0.25, 0.3) is 6.08 Å². The third kappa shape index (κ3) is 6.58. The minimum atomic E-state index is -4.77. The topological polar surface area (TPSA) is 43.8 Å². The van der Waals surface area contributed by atoms with Crippen molar-refractivity contribution < 1.29 is 23.1 Å². The number of aliphatic hydroxyl groups is 1. The summed E-state index contributed by atoms with van der Waals surface area (Å²) < 4.78 is 38.2. The monoisotopic (exact) mass is 452 g/mol. The van der Waals surface area contributed by atoms with Crippen LogP contribution in [0.2, 0.25) is 0 Å². The lowest BCUT2D eigenvalue weighted by atomic mass is 9.60. The Bertz CT molecular complexity index is 784. The molecule has 1 spiro atoms. The van der Waals surface area contributed by atoms with Gasteiger partial charge in [0, 0.05) is 31.7 Å².